The number of carbonyl (C=O) groups is 3. The molecule has 0 bridgehead atoms. The van der Waals surface area contributed by atoms with E-state index in [0.29, 0.717) is 17.1 Å². The molecule has 2 amide bonds. The first-order valence-corrected chi connectivity index (χ1v) is 11.6. The fourth-order valence-corrected chi connectivity index (χ4v) is 5.19. The number of nitro benzene ring substituents is 1. The zero-order valence-corrected chi connectivity index (χ0v) is 19.4. The molecule has 180 valence electrons. The fraction of sp³-hybridized carbons (Fsp3) is 0.208. The number of nitrogens with two attached hydrogens (primary N) is 1. The van der Waals surface area contributed by atoms with Gasteiger partial charge in [0.05, 0.1) is 16.1 Å². The highest BCUT2D eigenvalue weighted by molar-refractivity contribution is 7.17. The van der Waals surface area contributed by atoms with Crippen LogP contribution in [0.25, 0.3) is 0 Å². The zero-order chi connectivity index (χ0) is 24.9. The highest BCUT2D eigenvalue weighted by atomic mass is 32.1. The lowest BCUT2D eigenvalue weighted by Crippen LogP contribution is -2.22. The minimum absolute atomic E-state index is 0.0670. The molecular weight excluding hydrogens is 472 g/mol. The van der Waals surface area contributed by atoms with Crippen LogP contribution in [0.5, 0.6) is 0 Å². The molecular formula is C24H22N4O6S. The summed E-state index contributed by atoms with van der Waals surface area (Å²) in [5.74, 6) is -2.15. The van der Waals surface area contributed by atoms with Crippen molar-refractivity contribution in [3.05, 3.63) is 85.8 Å². The standard InChI is InChI=1S/C24H22N4O6S/c25-22(30)21-16-7-4-8-19(16)35-23(21)27-20(29)13-34-24(31)15-9-10-17(18(11-15)28(32)33)26-12-14-5-2-1-3-6-14/h1-3,5-6,9-11,26H,4,7-8,12-13H2,(H2,25,30)(H,27,29). The van der Waals surface area contributed by atoms with Crippen molar-refractivity contribution in [1.82, 2.24) is 0 Å². The Kier molecular flexibility index (Phi) is 7.06. The number of benzene rings is 2. The lowest BCUT2D eigenvalue weighted by Gasteiger charge is -2.10. The molecule has 2 aromatic carbocycles. The van der Waals surface area contributed by atoms with Gasteiger partial charge in [-0.15, -0.1) is 11.3 Å². The zero-order valence-electron chi connectivity index (χ0n) is 18.5. The first-order chi connectivity index (χ1) is 16.8. The molecule has 0 saturated heterocycles. The number of nitro groups is 1. The van der Waals surface area contributed by atoms with Gasteiger partial charge in [-0.05, 0) is 42.5 Å². The number of anilines is 2. The van der Waals surface area contributed by atoms with E-state index in [9.17, 15) is 24.5 Å². The van der Waals surface area contributed by atoms with Crippen LogP contribution in [0.2, 0.25) is 0 Å². The Morgan fingerprint density at radius 3 is 2.60 bits per heavy atom. The molecule has 4 rings (SSSR count). The van der Waals surface area contributed by atoms with Gasteiger partial charge in [0.15, 0.2) is 6.61 Å². The minimum atomic E-state index is -0.887. The Labute approximate surface area is 204 Å². The molecule has 0 spiro atoms. The minimum Gasteiger partial charge on any atom is -0.452 e. The SMILES string of the molecule is NC(=O)c1c(NC(=O)COC(=O)c2ccc(NCc3ccccc3)c([N+](=O)[O-])c2)sc2c1CCC2. The van der Waals surface area contributed by atoms with Crippen molar-refractivity contribution in [1.29, 1.82) is 0 Å². The Morgan fingerprint density at radius 1 is 1.11 bits per heavy atom. The predicted octanol–water partition coefficient (Wildman–Crippen LogP) is 3.65. The molecule has 0 saturated carbocycles. The maximum atomic E-state index is 12.4. The number of fused-ring (bicyclic) bond motifs is 1. The highest BCUT2D eigenvalue weighted by Crippen LogP contribution is 2.38. The molecule has 1 aromatic heterocycles. The maximum absolute atomic E-state index is 12.4. The van der Waals surface area contributed by atoms with E-state index in [-0.39, 0.29) is 16.9 Å². The highest BCUT2D eigenvalue weighted by Gasteiger charge is 2.26. The second-order valence-corrected chi connectivity index (χ2v) is 8.98. The van der Waals surface area contributed by atoms with Gasteiger partial charge >= 0.3 is 5.97 Å². The summed E-state index contributed by atoms with van der Waals surface area (Å²) in [6, 6.07) is 13.3. The number of carbonyl (C=O) groups excluding carboxylic acids is 3. The van der Waals surface area contributed by atoms with E-state index in [2.05, 4.69) is 10.6 Å². The van der Waals surface area contributed by atoms with Gasteiger partial charge < -0.3 is 21.1 Å². The summed E-state index contributed by atoms with van der Waals surface area (Å²) in [5, 5.41) is 17.4. The molecule has 3 aromatic rings. The largest absolute Gasteiger partial charge is 0.452 e. The maximum Gasteiger partial charge on any atom is 0.338 e. The number of ether oxygens (including phenoxy) is 1. The summed E-state index contributed by atoms with van der Waals surface area (Å²) in [6.07, 6.45) is 2.48. The van der Waals surface area contributed by atoms with E-state index in [1.807, 2.05) is 30.3 Å². The lowest BCUT2D eigenvalue weighted by atomic mass is 10.1. The summed E-state index contributed by atoms with van der Waals surface area (Å²) < 4.78 is 5.04. The first-order valence-electron chi connectivity index (χ1n) is 10.8. The summed E-state index contributed by atoms with van der Waals surface area (Å²) >= 11 is 1.29. The number of aryl methyl sites for hydroxylation is 1. The van der Waals surface area contributed by atoms with Gasteiger partial charge in [0, 0.05) is 17.5 Å². The van der Waals surface area contributed by atoms with Crippen molar-refractivity contribution < 1.29 is 24.0 Å². The molecule has 0 unspecified atom stereocenters. The molecule has 1 heterocycles. The summed E-state index contributed by atoms with van der Waals surface area (Å²) in [7, 11) is 0. The Morgan fingerprint density at radius 2 is 1.89 bits per heavy atom. The van der Waals surface area contributed by atoms with Crippen LogP contribution in [0.4, 0.5) is 16.4 Å². The van der Waals surface area contributed by atoms with Crippen LogP contribution >= 0.6 is 11.3 Å². The number of rotatable bonds is 9. The van der Waals surface area contributed by atoms with Crippen LogP contribution in [-0.4, -0.2) is 29.3 Å². The van der Waals surface area contributed by atoms with E-state index in [1.165, 1.54) is 23.5 Å². The smallest absolute Gasteiger partial charge is 0.338 e. The Balaban J connectivity index is 1.39. The molecule has 11 heteroatoms. The number of thiophene rings is 1. The molecule has 0 aliphatic heterocycles. The topological polar surface area (TPSA) is 154 Å². The molecule has 35 heavy (non-hydrogen) atoms. The lowest BCUT2D eigenvalue weighted by molar-refractivity contribution is -0.384. The number of esters is 1. The summed E-state index contributed by atoms with van der Waals surface area (Å²) in [5.41, 5.74) is 7.47. The number of nitrogens with zero attached hydrogens (tertiary/aromatic N) is 1. The quantitative estimate of drug-likeness (QED) is 0.233. The van der Waals surface area contributed by atoms with Gasteiger partial charge in [-0.1, -0.05) is 30.3 Å². The van der Waals surface area contributed by atoms with Crippen LogP contribution in [-0.2, 0) is 28.9 Å². The number of hydrogen-bond acceptors (Lipinski definition) is 8. The van der Waals surface area contributed by atoms with Crippen LogP contribution in [0.1, 0.15) is 43.1 Å². The number of amides is 2. The van der Waals surface area contributed by atoms with E-state index in [0.717, 1.165) is 41.3 Å². The van der Waals surface area contributed by atoms with E-state index in [1.54, 1.807) is 0 Å². The second-order valence-electron chi connectivity index (χ2n) is 7.88. The number of hydrogen-bond donors (Lipinski definition) is 3. The third kappa shape index (κ3) is 5.46. The average Bonchev–Trinajstić information content (AvgIpc) is 3.42. The predicted molar refractivity (Wildman–Crippen MR) is 131 cm³/mol. The van der Waals surface area contributed by atoms with Gasteiger partial charge in [0.1, 0.15) is 10.7 Å². The van der Waals surface area contributed by atoms with Crippen LogP contribution in [0, 0.1) is 10.1 Å². The van der Waals surface area contributed by atoms with Crippen LogP contribution in [0.3, 0.4) is 0 Å². The van der Waals surface area contributed by atoms with Gasteiger partial charge in [-0.2, -0.15) is 0 Å². The van der Waals surface area contributed by atoms with Crippen molar-refractivity contribution in [2.45, 2.75) is 25.8 Å². The Hall–Kier alpha value is -4.25. The normalized spacial score (nSPS) is 12.0. The van der Waals surface area contributed by atoms with Crippen LogP contribution in [0.15, 0.2) is 48.5 Å². The molecule has 1 aliphatic rings. The molecule has 0 radical (unpaired) electrons. The monoisotopic (exact) mass is 494 g/mol. The van der Waals surface area contributed by atoms with E-state index in [4.69, 9.17) is 10.5 Å². The average molecular weight is 495 g/mol. The molecule has 1 aliphatic carbocycles. The number of primary amides is 1. The molecule has 4 N–H and O–H groups in total. The molecule has 0 fully saturated rings. The van der Waals surface area contributed by atoms with E-state index >= 15 is 0 Å². The van der Waals surface area contributed by atoms with Crippen molar-refractivity contribution in [2.75, 3.05) is 17.2 Å². The molecule has 10 nitrogen and oxygen atoms in total. The van der Waals surface area contributed by atoms with Gasteiger partial charge in [0.2, 0.25) is 0 Å². The third-order valence-electron chi connectivity index (χ3n) is 5.51. The van der Waals surface area contributed by atoms with Gasteiger partial charge in [0.25, 0.3) is 17.5 Å². The summed E-state index contributed by atoms with van der Waals surface area (Å²) in [4.78, 5) is 48.6. The van der Waals surface area contributed by atoms with Crippen molar-refractivity contribution >= 4 is 45.5 Å². The Bertz CT molecular complexity index is 1300. The van der Waals surface area contributed by atoms with Crippen molar-refractivity contribution in [3.8, 4) is 0 Å². The summed E-state index contributed by atoms with van der Waals surface area (Å²) in [6.45, 7) is -0.257. The fourth-order valence-electron chi connectivity index (χ4n) is 3.88. The first kappa shape index (κ1) is 23.9. The number of nitrogens with one attached hydrogen (secondary N) is 2. The van der Waals surface area contributed by atoms with Crippen molar-refractivity contribution in [3.63, 3.8) is 0 Å². The van der Waals surface area contributed by atoms with Gasteiger partial charge in [-0.3, -0.25) is 19.7 Å². The van der Waals surface area contributed by atoms with Crippen LogP contribution < -0.4 is 16.4 Å². The van der Waals surface area contributed by atoms with E-state index < -0.39 is 29.3 Å². The van der Waals surface area contributed by atoms with Crippen molar-refractivity contribution in [2.24, 2.45) is 5.73 Å². The molecule has 0 atom stereocenters. The van der Waals surface area contributed by atoms with Gasteiger partial charge in [-0.25, -0.2) is 4.79 Å². The third-order valence-corrected chi connectivity index (χ3v) is 6.72. The second kappa shape index (κ2) is 10.3.